The summed E-state index contributed by atoms with van der Waals surface area (Å²) in [5, 5.41) is 2.06. The second kappa shape index (κ2) is 12.2. The van der Waals surface area contributed by atoms with Gasteiger partial charge in [-0.3, -0.25) is 20.0 Å². The predicted octanol–water partition coefficient (Wildman–Crippen LogP) is 5.03. The van der Waals surface area contributed by atoms with Gasteiger partial charge in [0.05, 0.1) is 13.2 Å². The Balaban J connectivity index is 1.45. The first-order chi connectivity index (χ1) is 18.2. The smallest absolute Gasteiger partial charge is 0.265 e. The molecule has 1 N–H and O–H groups in total. The lowest BCUT2D eigenvalue weighted by Gasteiger charge is -2.46. The molecule has 0 saturated carbocycles. The highest BCUT2D eigenvalue weighted by molar-refractivity contribution is 5.93. The molecule has 5 rings (SSSR count). The Morgan fingerprint density at radius 2 is 1.78 bits per heavy atom. The normalized spacial score (nSPS) is 24.1. The molecule has 3 fully saturated rings. The van der Waals surface area contributed by atoms with Crippen molar-refractivity contribution in [2.24, 2.45) is 0 Å². The zero-order valence-corrected chi connectivity index (χ0v) is 22.3. The van der Waals surface area contributed by atoms with E-state index in [4.69, 9.17) is 4.74 Å². The molecule has 0 spiro atoms. The maximum atomic E-state index is 13.0. The molecule has 0 aliphatic carbocycles. The highest BCUT2D eigenvalue weighted by atomic mass is 16.5. The molecule has 6 heteroatoms. The summed E-state index contributed by atoms with van der Waals surface area (Å²) in [4.78, 5) is 18.3. The molecule has 2 aromatic rings. The van der Waals surface area contributed by atoms with E-state index in [0.29, 0.717) is 17.6 Å². The Bertz CT molecular complexity index is 1050. The van der Waals surface area contributed by atoms with Gasteiger partial charge in [0.2, 0.25) is 0 Å². The molecular weight excluding hydrogens is 460 g/mol. The van der Waals surface area contributed by atoms with Gasteiger partial charge in [0, 0.05) is 50.4 Å². The van der Waals surface area contributed by atoms with Crippen LogP contribution in [0.15, 0.2) is 61.2 Å². The number of carbonyl (C=O) groups is 1. The Kier molecular flexibility index (Phi) is 8.59. The van der Waals surface area contributed by atoms with E-state index in [-0.39, 0.29) is 11.9 Å². The lowest BCUT2D eigenvalue weighted by molar-refractivity contribution is 0.0562. The van der Waals surface area contributed by atoms with Crippen molar-refractivity contribution in [3.63, 3.8) is 0 Å². The van der Waals surface area contributed by atoms with Crippen LogP contribution in [0.4, 0.5) is 0 Å². The number of nitrogens with one attached hydrogen (secondary N) is 1. The molecule has 3 saturated heterocycles. The molecule has 198 valence electrons. The first kappa shape index (κ1) is 26.0. The summed E-state index contributed by atoms with van der Waals surface area (Å²) < 4.78 is 5.62. The van der Waals surface area contributed by atoms with Crippen molar-refractivity contribution in [1.82, 2.24) is 20.2 Å². The summed E-state index contributed by atoms with van der Waals surface area (Å²) in [6, 6.07) is 18.0. The van der Waals surface area contributed by atoms with Crippen LogP contribution in [0.5, 0.6) is 5.75 Å². The molecule has 6 nitrogen and oxygen atoms in total. The molecule has 3 unspecified atom stereocenters. The minimum absolute atomic E-state index is 0.0157. The van der Waals surface area contributed by atoms with Crippen LogP contribution in [-0.4, -0.2) is 72.6 Å². The summed E-state index contributed by atoms with van der Waals surface area (Å²) in [5.41, 5.74) is 6.30. The fourth-order valence-corrected chi connectivity index (χ4v) is 6.53. The maximum absolute atomic E-state index is 13.0. The number of hydrazine groups is 1. The maximum Gasteiger partial charge on any atom is 0.265 e. The van der Waals surface area contributed by atoms with Crippen molar-refractivity contribution in [1.29, 1.82) is 0 Å². The van der Waals surface area contributed by atoms with Gasteiger partial charge in [-0.25, -0.2) is 5.01 Å². The lowest BCUT2D eigenvalue weighted by Crippen LogP contribution is -2.50. The third-order valence-corrected chi connectivity index (χ3v) is 8.36. The quantitative estimate of drug-likeness (QED) is 0.513. The molecule has 3 heterocycles. The summed E-state index contributed by atoms with van der Waals surface area (Å²) in [6.07, 6.45) is 10.5. The third kappa shape index (κ3) is 6.08. The van der Waals surface area contributed by atoms with Crippen LogP contribution in [0.2, 0.25) is 0 Å². The summed E-state index contributed by atoms with van der Waals surface area (Å²) >= 11 is 0. The van der Waals surface area contributed by atoms with Crippen LogP contribution in [-0.2, 0) is 0 Å². The molecule has 2 bridgehead atoms. The van der Waals surface area contributed by atoms with Crippen LogP contribution in [0, 0.1) is 0 Å². The zero-order valence-electron chi connectivity index (χ0n) is 22.3. The van der Waals surface area contributed by atoms with Gasteiger partial charge in [0.1, 0.15) is 5.75 Å². The van der Waals surface area contributed by atoms with Crippen molar-refractivity contribution in [2.75, 3.05) is 39.8 Å². The Labute approximate surface area is 222 Å². The van der Waals surface area contributed by atoms with Gasteiger partial charge in [0.15, 0.2) is 0 Å². The molecule has 37 heavy (non-hydrogen) atoms. The number of benzene rings is 2. The number of carbonyl (C=O) groups excluding carboxylic acids is 1. The first-order valence-corrected chi connectivity index (χ1v) is 14.1. The number of amides is 1. The predicted molar refractivity (Wildman–Crippen MR) is 149 cm³/mol. The molecule has 3 aliphatic heterocycles. The van der Waals surface area contributed by atoms with E-state index in [2.05, 4.69) is 57.1 Å². The Morgan fingerprint density at radius 1 is 1.00 bits per heavy atom. The van der Waals surface area contributed by atoms with Crippen LogP contribution in [0.25, 0.3) is 0 Å². The van der Waals surface area contributed by atoms with Crippen molar-refractivity contribution in [3.8, 4) is 5.75 Å². The van der Waals surface area contributed by atoms with Gasteiger partial charge < -0.3 is 4.74 Å². The van der Waals surface area contributed by atoms with Gasteiger partial charge in [0.25, 0.3) is 5.91 Å². The van der Waals surface area contributed by atoms with Crippen LogP contribution in [0.1, 0.15) is 72.5 Å². The summed E-state index contributed by atoms with van der Waals surface area (Å²) in [6.45, 7) is 8.99. The average Bonchev–Trinajstić information content (AvgIpc) is 3.02. The van der Waals surface area contributed by atoms with Gasteiger partial charge in [-0.15, -0.1) is 6.58 Å². The number of nitrogens with zero attached hydrogens (tertiary/aromatic N) is 3. The van der Waals surface area contributed by atoms with Crippen LogP contribution < -0.4 is 10.2 Å². The molecule has 3 atom stereocenters. The first-order valence-electron chi connectivity index (χ1n) is 14.1. The van der Waals surface area contributed by atoms with Gasteiger partial charge >= 0.3 is 0 Å². The number of fused-ring (bicyclic) bond motifs is 2. The number of ether oxygens (including phenoxy) is 1. The second-order valence-electron chi connectivity index (χ2n) is 10.8. The number of methoxy groups -OCH3 is 1. The van der Waals surface area contributed by atoms with E-state index in [9.17, 15) is 4.79 Å². The largest absolute Gasteiger partial charge is 0.497 e. The van der Waals surface area contributed by atoms with E-state index in [1.165, 1.54) is 43.2 Å². The zero-order chi connectivity index (χ0) is 25.6. The summed E-state index contributed by atoms with van der Waals surface area (Å²) in [7, 11) is 1.73. The van der Waals surface area contributed by atoms with Crippen molar-refractivity contribution >= 4 is 5.91 Å². The van der Waals surface area contributed by atoms with Crippen molar-refractivity contribution in [3.05, 3.63) is 77.9 Å². The van der Waals surface area contributed by atoms with E-state index >= 15 is 0 Å². The Hall–Kier alpha value is -2.67. The minimum atomic E-state index is -0.0157. The fourth-order valence-electron chi connectivity index (χ4n) is 6.53. The van der Waals surface area contributed by atoms with Crippen LogP contribution >= 0.6 is 0 Å². The van der Waals surface area contributed by atoms with Crippen molar-refractivity contribution < 1.29 is 9.53 Å². The number of rotatable bonds is 8. The standard InChI is InChI=1S/C31H42N4O2/c1-3-18-33-21-17-27-10-8-11-28(23-33)35(27)30(26-9-7-12-29(22-26)37-2)24-13-15-25(16-14-24)31(36)32-34-19-5-4-6-20-34/h3,7,9,12-16,22,27-28,30H,1,4-6,8,10-11,17-21,23H2,2H3,(H,32,36). The van der Waals surface area contributed by atoms with Gasteiger partial charge in [-0.2, -0.15) is 0 Å². The van der Waals surface area contributed by atoms with E-state index in [1.54, 1.807) is 7.11 Å². The lowest BCUT2D eigenvalue weighted by atomic mass is 9.87. The topological polar surface area (TPSA) is 48.0 Å². The van der Waals surface area contributed by atoms with Crippen molar-refractivity contribution in [2.45, 2.75) is 63.1 Å². The van der Waals surface area contributed by atoms with Gasteiger partial charge in [-0.1, -0.05) is 43.2 Å². The second-order valence-corrected chi connectivity index (χ2v) is 10.8. The average molecular weight is 503 g/mol. The molecule has 3 aliphatic rings. The SMILES string of the molecule is C=CCN1CCC2CCCC(C1)N2C(c1ccc(C(=O)NN2CCCCC2)cc1)c1cccc(OC)c1. The third-order valence-electron chi connectivity index (χ3n) is 8.36. The number of piperidine rings is 2. The molecule has 0 aromatic heterocycles. The van der Waals surface area contributed by atoms with E-state index in [1.807, 2.05) is 24.3 Å². The number of hydrogen-bond acceptors (Lipinski definition) is 5. The fraction of sp³-hybridized carbons (Fsp3) is 0.516. The van der Waals surface area contributed by atoms with Gasteiger partial charge in [-0.05, 0) is 67.5 Å². The summed E-state index contributed by atoms with van der Waals surface area (Å²) in [5.74, 6) is 0.867. The number of hydrogen-bond donors (Lipinski definition) is 1. The highest BCUT2D eigenvalue weighted by Gasteiger charge is 2.39. The molecule has 0 radical (unpaired) electrons. The minimum Gasteiger partial charge on any atom is -0.497 e. The molecule has 2 aromatic carbocycles. The van der Waals surface area contributed by atoms with Crippen LogP contribution in [0.3, 0.4) is 0 Å². The van der Waals surface area contributed by atoms with E-state index in [0.717, 1.165) is 51.3 Å². The molecule has 1 amide bonds. The highest BCUT2D eigenvalue weighted by Crippen LogP contribution is 2.40. The Morgan fingerprint density at radius 3 is 2.54 bits per heavy atom. The monoisotopic (exact) mass is 502 g/mol. The van der Waals surface area contributed by atoms with E-state index < -0.39 is 0 Å². The molecular formula is C31H42N4O2.